The summed E-state index contributed by atoms with van der Waals surface area (Å²) in [6, 6.07) is 17.6. The minimum absolute atomic E-state index is 0.134. The maximum absolute atomic E-state index is 12.8. The molecule has 146 valence electrons. The van der Waals surface area contributed by atoms with Crippen molar-refractivity contribution in [2.45, 2.75) is 27.2 Å². The van der Waals surface area contributed by atoms with Gasteiger partial charge in [-0.25, -0.2) is 4.98 Å². The van der Waals surface area contributed by atoms with Crippen LogP contribution in [0.3, 0.4) is 0 Å². The van der Waals surface area contributed by atoms with E-state index in [1.807, 2.05) is 41.8 Å². The first-order chi connectivity index (χ1) is 13.9. The fraction of sp³-hybridized carbons (Fsp3) is 0.167. The number of halogens is 1. The highest BCUT2D eigenvalue weighted by Crippen LogP contribution is 2.28. The molecule has 0 radical (unpaired) electrons. The molecule has 4 nitrogen and oxygen atoms in total. The van der Waals surface area contributed by atoms with Crippen LogP contribution in [0.4, 0.5) is 5.69 Å². The number of hydrogen-bond acceptors (Lipinski definition) is 2. The summed E-state index contributed by atoms with van der Waals surface area (Å²) in [5.41, 5.74) is 7.68. The van der Waals surface area contributed by atoms with Gasteiger partial charge in [-0.2, -0.15) is 0 Å². The maximum Gasteiger partial charge on any atom is 0.230 e. The lowest BCUT2D eigenvalue weighted by molar-refractivity contribution is -0.115. The molecule has 5 heteroatoms. The summed E-state index contributed by atoms with van der Waals surface area (Å²) >= 11 is 6.19. The molecule has 2 aromatic carbocycles. The van der Waals surface area contributed by atoms with E-state index < -0.39 is 0 Å². The third kappa shape index (κ3) is 3.89. The van der Waals surface area contributed by atoms with Crippen LogP contribution in [0.2, 0.25) is 5.02 Å². The second-order valence-electron chi connectivity index (χ2n) is 7.34. The predicted molar refractivity (Wildman–Crippen MR) is 119 cm³/mol. The highest BCUT2D eigenvalue weighted by Gasteiger charge is 2.18. The van der Waals surface area contributed by atoms with E-state index in [9.17, 15) is 4.79 Å². The van der Waals surface area contributed by atoms with E-state index in [4.69, 9.17) is 16.6 Å². The van der Waals surface area contributed by atoms with Crippen molar-refractivity contribution < 1.29 is 4.79 Å². The second kappa shape index (κ2) is 7.72. The predicted octanol–water partition coefficient (Wildman–Crippen LogP) is 5.76. The van der Waals surface area contributed by atoms with Gasteiger partial charge in [-0.1, -0.05) is 35.9 Å². The van der Waals surface area contributed by atoms with Crippen molar-refractivity contribution in [1.29, 1.82) is 0 Å². The molecule has 4 aromatic rings. The summed E-state index contributed by atoms with van der Waals surface area (Å²) in [5.74, 6) is -0.134. The second-order valence-corrected chi connectivity index (χ2v) is 7.75. The van der Waals surface area contributed by atoms with Crippen molar-refractivity contribution in [1.82, 2.24) is 9.38 Å². The van der Waals surface area contributed by atoms with Gasteiger partial charge in [0, 0.05) is 11.8 Å². The van der Waals surface area contributed by atoms with Crippen LogP contribution in [0, 0.1) is 20.8 Å². The zero-order chi connectivity index (χ0) is 20.5. The summed E-state index contributed by atoms with van der Waals surface area (Å²) in [7, 11) is 0. The van der Waals surface area contributed by atoms with Gasteiger partial charge < -0.3 is 9.72 Å². The van der Waals surface area contributed by atoms with E-state index in [1.165, 1.54) is 11.1 Å². The normalized spacial score (nSPS) is 11.0. The van der Waals surface area contributed by atoms with Crippen molar-refractivity contribution in [3.8, 4) is 11.3 Å². The summed E-state index contributed by atoms with van der Waals surface area (Å²) in [6.07, 6.45) is 2.16. The molecule has 1 N–H and O–H groups in total. The third-order valence-corrected chi connectivity index (χ3v) is 5.47. The van der Waals surface area contributed by atoms with Crippen LogP contribution in [0.15, 0.2) is 60.8 Å². The van der Waals surface area contributed by atoms with Crippen molar-refractivity contribution in [3.63, 3.8) is 0 Å². The monoisotopic (exact) mass is 403 g/mol. The molecule has 4 rings (SSSR count). The van der Waals surface area contributed by atoms with Crippen molar-refractivity contribution >= 4 is 28.8 Å². The van der Waals surface area contributed by atoms with Gasteiger partial charge >= 0.3 is 0 Å². The molecular formula is C24H22ClN3O. The quantitative estimate of drug-likeness (QED) is 0.470. The number of amides is 1. The van der Waals surface area contributed by atoms with Crippen LogP contribution < -0.4 is 5.32 Å². The molecule has 0 aliphatic carbocycles. The Morgan fingerprint density at radius 3 is 2.59 bits per heavy atom. The minimum atomic E-state index is -0.134. The average molecular weight is 404 g/mol. The number of carbonyl (C=O) groups is 1. The number of anilines is 1. The summed E-state index contributed by atoms with van der Waals surface area (Å²) < 4.78 is 1.99. The summed E-state index contributed by atoms with van der Waals surface area (Å²) in [6.45, 7) is 6.21. The zero-order valence-corrected chi connectivity index (χ0v) is 17.4. The fourth-order valence-corrected chi connectivity index (χ4v) is 3.58. The van der Waals surface area contributed by atoms with Crippen LogP contribution in [-0.4, -0.2) is 15.3 Å². The molecule has 0 aliphatic rings. The first-order valence-electron chi connectivity index (χ1n) is 9.52. The first-order valence-corrected chi connectivity index (χ1v) is 9.90. The van der Waals surface area contributed by atoms with Crippen LogP contribution in [-0.2, 0) is 11.2 Å². The average Bonchev–Trinajstić information content (AvgIpc) is 3.03. The number of imidazole rings is 1. The van der Waals surface area contributed by atoms with Gasteiger partial charge in [-0.15, -0.1) is 0 Å². The van der Waals surface area contributed by atoms with Crippen molar-refractivity contribution in [2.24, 2.45) is 0 Å². The molecule has 0 fully saturated rings. The molecule has 1 amide bonds. The fourth-order valence-electron chi connectivity index (χ4n) is 3.40. The number of hydrogen-bond donors (Lipinski definition) is 1. The van der Waals surface area contributed by atoms with Gasteiger partial charge in [0.05, 0.1) is 28.5 Å². The Balaban J connectivity index is 1.76. The van der Waals surface area contributed by atoms with E-state index in [2.05, 4.69) is 37.4 Å². The summed E-state index contributed by atoms with van der Waals surface area (Å²) in [5, 5.41) is 3.43. The number of aryl methyl sites for hydroxylation is 3. The molecule has 0 spiro atoms. The largest absolute Gasteiger partial charge is 0.324 e. The lowest BCUT2D eigenvalue weighted by Crippen LogP contribution is -2.16. The Bertz CT molecular complexity index is 1230. The molecule has 0 aliphatic heterocycles. The van der Waals surface area contributed by atoms with Gasteiger partial charge in [0.15, 0.2) is 0 Å². The molecule has 2 aromatic heterocycles. The topological polar surface area (TPSA) is 46.4 Å². The highest BCUT2D eigenvalue weighted by atomic mass is 35.5. The molecule has 29 heavy (non-hydrogen) atoms. The number of nitrogens with one attached hydrogen (secondary N) is 1. The van der Waals surface area contributed by atoms with Crippen molar-refractivity contribution in [3.05, 3.63) is 88.2 Å². The number of nitrogens with zero attached hydrogens (tertiary/aromatic N) is 2. The Morgan fingerprint density at radius 1 is 1.03 bits per heavy atom. The Hall–Kier alpha value is -3.11. The van der Waals surface area contributed by atoms with E-state index >= 15 is 0 Å². The van der Waals surface area contributed by atoms with Gasteiger partial charge in [0.1, 0.15) is 5.65 Å². The molecule has 0 saturated carbocycles. The number of pyridine rings is 1. The summed E-state index contributed by atoms with van der Waals surface area (Å²) in [4.78, 5) is 17.7. The lowest BCUT2D eigenvalue weighted by atomic mass is 10.0. The SMILES string of the molecule is Cc1ccn2c(CC(=O)Nc3ccccc3Cl)c(-c3ccc(C)c(C)c3)nc2c1. The smallest absolute Gasteiger partial charge is 0.230 e. The Kier molecular flexibility index (Phi) is 5.12. The highest BCUT2D eigenvalue weighted by molar-refractivity contribution is 6.33. The van der Waals surface area contributed by atoms with E-state index in [1.54, 1.807) is 12.1 Å². The number of carbonyl (C=O) groups excluding carboxylic acids is 1. The molecule has 2 heterocycles. The van der Waals surface area contributed by atoms with E-state index in [-0.39, 0.29) is 12.3 Å². The van der Waals surface area contributed by atoms with Crippen LogP contribution in [0.25, 0.3) is 16.9 Å². The third-order valence-electron chi connectivity index (χ3n) is 5.14. The van der Waals surface area contributed by atoms with Gasteiger partial charge in [0.25, 0.3) is 0 Å². The number of para-hydroxylation sites is 1. The van der Waals surface area contributed by atoms with E-state index in [0.29, 0.717) is 10.7 Å². The van der Waals surface area contributed by atoms with Crippen LogP contribution in [0.1, 0.15) is 22.4 Å². The lowest BCUT2D eigenvalue weighted by Gasteiger charge is -2.09. The number of aromatic nitrogens is 2. The molecule has 0 saturated heterocycles. The van der Waals surface area contributed by atoms with Gasteiger partial charge in [-0.05, 0) is 67.8 Å². The Labute approximate surface area is 175 Å². The van der Waals surface area contributed by atoms with Crippen molar-refractivity contribution in [2.75, 3.05) is 5.32 Å². The first kappa shape index (κ1) is 19.2. The minimum Gasteiger partial charge on any atom is -0.324 e. The number of rotatable bonds is 4. The molecule has 0 atom stereocenters. The van der Waals surface area contributed by atoms with Gasteiger partial charge in [-0.3, -0.25) is 4.79 Å². The van der Waals surface area contributed by atoms with Gasteiger partial charge in [0.2, 0.25) is 5.91 Å². The number of fused-ring (bicyclic) bond motifs is 1. The Morgan fingerprint density at radius 2 is 1.83 bits per heavy atom. The zero-order valence-electron chi connectivity index (χ0n) is 16.7. The van der Waals surface area contributed by atoms with Crippen LogP contribution >= 0.6 is 11.6 Å². The number of benzene rings is 2. The van der Waals surface area contributed by atoms with E-state index in [0.717, 1.165) is 28.2 Å². The van der Waals surface area contributed by atoms with Crippen LogP contribution in [0.5, 0.6) is 0 Å². The standard InChI is InChI=1S/C24H22ClN3O/c1-15-10-11-28-21(14-23(29)26-20-7-5-4-6-19(20)25)24(27-22(28)12-15)18-9-8-16(2)17(3)13-18/h4-13H,14H2,1-3H3,(H,26,29). The molecule has 0 unspecified atom stereocenters. The maximum atomic E-state index is 12.8. The molecule has 0 bridgehead atoms. The molecular weight excluding hydrogens is 382 g/mol.